The van der Waals surface area contributed by atoms with E-state index in [0.29, 0.717) is 5.82 Å². The number of primary amides is 1. The minimum absolute atomic E-state index is 0.168. The van der Waals surface area contributed by atoms with Gasteiger partial charge in [-0.2, -0.15) is 0 Å². The van der Waals surface area contributed by atoms with Crippen LogP contribution in [0.15, 0.2) is 30.3 Å². The maximum absolute atomic E-state index is 11.1. The minimum Gasteiger partial charge on any atom is -0.364 e. The van der Waals surface area contributed by atoms with E-state index >= 15 is 0 Å². The number of aromatic nitrogens is 2. The van der Waals surface area contributed by atoms with Crippen molar-refractivity contribution < 1.29 is 4.79 Å². The first-order chi connectivity index (χ1) is 7.72. The third-order valence-electron chi connectivity index (χ3n) is 2.13. The fourth-order valence-electron chi connectivity index (χ4n) is 1.39. The molecule has 1 aromatic heterocycles. The highest BCUT2D eigenvalue weighted by atomic mass is 16.1. The fraction of sp³-hybridized carbons (Fsp3) is 0. The van der Waals surface area contributed by atoms with Crippen LogP contribution < -0.4 is 17.0 Å². The first-order valence-corrected chi connectivity index (χ1v) is 4.64. The van der Waals surface area contributed by atoms with E-state index in [-0.39, 0.29) is 11.5 Å². The summed E-state index contributed by atoms with van der Waals surface area (Å²) >= 11 is 0. The molecule has 0 spiro atoms. The summed E-state index contributed by atoms with van der Waals surface area (Å²) in [5, 5.41) is 0. The first kappa shape index (κ1) is 10.2. The van der Waals surface area contributed by atoms with E-state index in [1.807, 2.05) is 30.3 Å². The largest absolute Gasteiger partial charge is 0.364 e. The second-order valence-electron chi connectivity index (χ2n) is 3.18. The highest BCUT2D eigenvalue weighted by molar-refractivity contribution is 5.96. The van der Waals surface area contributed by atoms with Gasteiger partial charge in [0, 0.05) is 5.56 Å². The molecule has 6 heteroatoms. The van der Waals surface area contributed by atoms with E-state index in [4.69, 9.17) is 11.6 Å². The van der Waals surface area contributed by atoms with Crippen molar-refractivity contribution in [3.8, 4) is 11.4 Å². The fourth-order valence-corrected chi connectivity index (χ4v) is 1.39. The zero-order valence-corrected chi connectivity index (χ0v) is 8.40. The lowest BCUT2D eigenvalue weighted by atomic mass is 10.2. The number of nitrogen functional groups attached to an aromatic ring is 1. The van der Waals surface area contributed by atoms with E-state index in [9.17, 15) is 4.79 Å². The lowest BCUT2D eigenvalue weighted by molar-refractivity contribution is 0.0997. The normalized spacial score (nSPS) is 10.1. The number of amides is 1. The highest BCUT2D eigenvalue weighted by Gasteiger charge is 2.14. The maximum atomic E-state index is 11.1. The Morgan fingerprint density at radius 1 is 1.31 bits per heavy atom. The topological polar surface area (TPSA) is 110 Å². The summed E-state index contributed by atoms with van der Waals surface area (Å²) in [5.74, 6) is 5.42. The molecule has 0 aliphatic carbocycles. The van der Waals surface area contributed by atoms with Gasteiger partial charge in [-0.25, -0.2) is 10.8 Å². The van der Waals surface area contributed by atoms with Gasteiger partial charge in [0.2, 0.25) is 0 Å². The van der Waals surface area contributed by atoms with Gasteiger partial charge < -0.3 is 16.1 Å². The lowest BCUT2D eigenvalue weighted by Crippen LogP contribution is -2.17. The second kappa shape index (κ2) is 4.03. The Morgan fingerprint density at radius 3 is 2.50 bits per heavy atom. The summed E-state index contributed by atoms with van der Waals surface area (Å²) in [6.07, 6.45) is 0. The van der Waals surface area contributed by atoms with Crippen molar-refractivity contribution in [3.63, 3.8) is 0 Å². The average Bonchev–Trinajstić information content (AvgIpc) is 2.74. The summed E-state index contributed by atoms with van der Waals surface area (Å²) < 4.78 is 0. The van der Waals surface area contributed by atoms with Gasteiger partial charge in [-0.05, 0) is 0 Å². The average molecular weight is 217 g/mol. The Bertz CT molecular complexity index is 505. The number of nitrogens with zero attached hydrogens (tertiary/aromatic N) is 1. The molecule has 0 aliphatic heterocycles. The zero-order chi connectivity index (χ0) is 11.5. The number of carbonyl (C=O) groups is 1. The summed E-state index contributed by atoms with van der Waals surface area (Å²) in [5.41, 5.74) is 8.52. The molecule has 1 amide bonds. The molecule has 1 heterocycles. The van der Waals surface area contributed by atoms with Crippen LogP contribution in [0.5, 0.6) is 0 Å². The van der Waals surface area contributed by atoms with E-state index in [0.717, 1.165) is 5.56 Å². The molecule has 0 radical (unpaired) electrons. The molecular formula is C10H11N5O. The molecule has 2 rings (SSSR count). The third kappa shape index (κ3) is 1.73. The van der Waals surface area contributed by atoms with E-state index in [1.54, 1.807) is 0 Å². The molecule has 0 fully saturated rings. The van der Waals surface area contributed by atoms with Crippen LogP contribution in [0.25, 0.3) is 11.4 Å². The van der Waals surface area contributed by atoms with E-state index < -0.39 is 5.91 Å². The van der Waals surface area contributed by atoms with Gasteiger partial charge in [-0.1, -0.05) is 30.3 Å². The van der Waals surface area contributed by atoms with Crippen LogP contribution in [-0.2, 0) is 0 Å². The molecule has 0 saturated heterocycles. The van der Waals surface area contributed by atoms with Crippen LogP contribution in [0.3, 0.4) is 0 Å². The van der Waals surface area contributed by atoms with Gasteiger partial charge in [0.05, 0.1) is 0 Å². The Balaban J connectivity index is 2.48. The predicted octanol–water partition coefficient (Wildman–Crippen LogP) is 0.461. The smallest absolute Gasteiger partial charge is 0.269 e. The number of nitrogens with one attached hydrogen (secondary N) is 2. The molecular weight excluding hydrogens is 206 g/mol. The number of aromatic amines is 1. The maximum Gasteiger partial charge on any atom is 0.269 e. The molecule has 0 saturated carbocycles. The number of anilines is 1. The third-order valence-corrected chi connectivity index (χ3v) is 2.13. The van der Waals surface area contributed by atoms with Crippen LogP contribution in [0.2, 0.25) is 0 Å². The number of hydrazine groups is 1. The summed E-state index contributed by atoms with van der Waals surface area (Å²) in [4.78, 5) is 18.0. The molecule has 2 aromatic rings. The minimum atomic E-state index is -0.609. The first-order valence-electron chi connectivity index (χ1n) is 4.64. The number of carbonyl (C=O) groups excluding carboxylic acids is 1. The molecule has 6 nitrogen and oxygen atoms in total. The summed E-state index contributed by atoms with van der Waals surface area (Å²) in [6.45, 7) is 0. The van der Waals surface area contributed by atoms with Gasteiger partial charge in [0.25, 0.3) is 5.91 Å². The number of H-pyrrole nitrogens is 1. The zero-order valence-electron chi connectivity index (χ0n) is 8.40. The van der Waals surface area contributed by atoms with Crippen molar-refractivity contribution in [2.24, 2.45) is 11.6 Å². The highest BCUT2D eigenvalue weighted by Crippen LogP contribution is 2.19. The van der Waals surface area contributed by atoms with Crippen LogP contribution >= 0.6 is 0 Å². The molecule has 6 N–H and O–H groups in total. The van der Waals surface area contributed by atoms with Crippen molar-refractivity contribution in [3.05, 3.63) is 36.0 Å². The number of hydrogen-bond donors (Lipinski definition) is 4. The molecule has 0 bridgehead atoms. The van der Waals surface area contributed by atoms with Crippen LogP contribution in [0, 0.1) is 0 Å². The molecule has 0 unspecified atom stereocenters. The van der Waals surface area contributed by atoms with E-state index in [2.05, 4.69) is 15.4 Å². The lowest BCUT2D eigenvalue weighted by Gasteiger charge is -1.93. The van der Waals surface area contributed by atoms with Crippen LogP contribution in [0.4, 0.5) is 5.82 Å². The van der Waals surface area contributed by atoms with Gasteiger partial charge in [0.15, 0.2) is 5.82 Å². The number of nitrogens with two attached hydrogens (primary N) is 2. The molecule has 82 valence electrons. The quantitative estimate of drug-likeness (QED) is 0.442. The van der Waals surface area contributed by atoms with Gasteiger partial charge >= 0.3 is 0 Å². The Hall–Kier alpha value is -2.34. The van der Waals surface area contributed by atoms with Crippen molar-refractivity contribution in [1.82, 2.24) is 9.97 Å². The van der Waals surface area contributed by atoms with Gasteiger partial charge in [-0.15, -0.1) is 0 Å². The number of rotatable bonds is 3. The molecule has 1 aromatic carbocycles. The van der Waals surface area contributed by atoms with Crippen LogP contribution in [0.1, 0.15) is 10.5 Å². The predicted molar refractivity (Wildman–Crippen MR) is 60.4 cm³/mol. The number of hydrogen-bond acceptors (Lipinski definition) is 4. The standard InChI is InChI=1S/C10H11N5O/c11-8(16)7-10(15-12)14-9(13-7)6-4-2-1-3-5-6/h1-5,15H,12H2,(H2,11,16)(H,13,14). The van der Waals surface area contributed by atoms with Crippen molar-refractivity contribution in [2.45, 2.75) is 0 Å². The van der Waals surface area contributed by atoms with Crippen molar-refractivity contribution >= 4 is 11.7 Å². The molecule has 0 atom stereocenters. The SMILES string of the molecule is NNc1nc(-c2ccccc2)[nH]c1C(N)=O. The summed E-state index contributed by atoms with van der Waals surface area (Å²) in [7, 11) is 0. The van der Waals surface area contributed by atoms with Crippen LogP contribution in [-0.4, -0.2) is 15.9 Å². The second-order valence-corrected chi connectivity index (χ2v) is 3.18. The monoisotopic (exact) mass is 217 g/mol. The molecule has 16 heavy (non-hydrogen) atoms. The number of benzene rings is 1. The number of imidazole rings is 1. The van der Waals surface area contributed by atoms with Crippen molar-refractivity contribution in [2.75, 3.05) is 5.43 Å². The van der Waals surface area contributed by atoms with Crippen molar-refractivity contribution in [1.29, 1.82) is 0 Å². The van der Waals surface area contributed by atoms with Gasteiger partial charge in [-0.3, -0.25) is 4.79 Å². The summed E-state index contributed by atoms with van der Waals surface area (Å²) in [6, 6.07) is 9.37. The Kier molecular flexibility index (Phi) is 2.57. The molecule has 0 aliphatic rings. The van der Waals surface area contributed by atoms with E-state index in [1.165, 1.54) is 0 Å². The Morgan fingerprint density at radius 2 is 2.00 bits per heavy atom. The Labute approximate surface area is 91.6 Å². The van der Waals surface area contributed by atoms with Gasteiger partial charge in [0.1, 0.15) is 11.5 Å².